The number of carbonyl (C=O) groups excluding carboxylic acids is 1. The molecule has 1 heterocycles. The fraction of sp³-hybridized carbons (Fsp3) is 0.435. The standard InChI is InChI=1S/C23H31N3O2/c1-4-17(2)19-9-5-6-10-20(19)24-23(28)18(3)25-13-15-26(16-14-25)21-11-7-8-12-22(21)27/h5-12,17-18,27H,4,13-16H2,1-3H3,(H,24,28). The Bertz CT molecular complexity index is 800. The zero-order valence-corrected chi connectivity index (χ0v) is 17.1. The van der Waals surface area contributed by atoms with E-state index in [0.29, 0.717) is 11.7 Å². The predicted molar refractivity (Wildman–Crippen MR) is 115 cm³/mol. The van der Waals surface area contributed by atoms with Crippen LogP contribution >= 0.6 is 0 Å². The molecule has 0 saturated carbocycles. The first-order chi connectivity index (χ1) is 13.5. The van der Waals surface area contributed by atoms with Gasteiger partial charge in [0.15, 0.2) is 0 Å². The second-order valence-corrected chi connectivity index (χ2v) is 7.57. The van der Waals surface area contributed by atoms with Crippen molar-refractivity contribution in [2.75, 3.05) is 36.4 Å². The lowest BCUT2D eigenvalue weighted by molar-refractivity contribution is -0.120. The van der Waals surface area contributed by atoms with Crippen molar-refractivity contribution in [1.29, 1.82) is 0 Å². The molecule has 0 bridgehead atoms. The van der Waals surface area contributed by atoms with Gasteiger partial charge in [0.05, 0.1) is 11.7 Å². The molecule has 2 aromatic carbocycles. The van der Waals surface area contributed by atoms with E-state index in [4.69, 9.17) is 0 Å². The molecule has 1 saturated heterocycles. The molecule has 0 spiro atoms. The van der Waals surface area contributed by atoms with Crippen LogP contribution in [0, 0.1) is 0 Å². The van der Waals surface area contributed by atoms with Gasteiger partial charge < -0.3 is 15.3 Å². The summed E-state index contributed by atoms with van der Waals surface area (Å²) in [6.07, 6.45) is 1.04. The molecule has 1 fully saturated rings. The third kappa shape index (κ3) is 4.47. The summed E-state index contributed by atoms with van der Waals surface area (Å²) in [5, 5.41) is 13.2. The number of para-hydroxylation sites is 3. The molecule has 1 aliphatic heterocycles. The van der Waals surface area contributed by atoms with Crippen molar-refractivity contribution in [3.63, 3.8) is 0 Å². The summed E-state index contributed by atoms with van der Waals surface area (Å²) in [5.74, 6) is 0.754. The van der Waals surface area contributed by atoms with Crippen LogP contribution < -0.4 is 10.2 Å². The maximum Gasteiger partial charge on any atom is 0.241 e. The van der Waals surface area contributed by atoms with Crippen molar-refractivity contribution in [3.05, 3.63) is 54.1 Å². The van der Waals surface area contributed by atoms with Crippen molar-refractivity contribution in [1.82, 2.24) is 4.90 Å². The van der Waals surface area contributed by atoms with Crippen LogP contribution in [0.4, 0.5) is 11.4 Å². The number of carbonyl (C=O) groups is 1. The van der Waals surface area contributed by atoms with Crippen molar-refractivity contribution in [2.45, 2.75) is 39.2 Å². The third-order valence-electron chi connectivity index (χ3n) is 5.83. The molecule has 2 atom stereocenters. The number of rotatable bonds is 6. The molecule has 0 aliphatic carbocycles. The Morgan fingerprint density at radius 1 is 1.04 bits per heavy atom. The van der Waals surface area contributed by atoms with Crippen molar-refractivity contribution in [3.8, 4) is 5.75 Å². The monoisotopic (exact) mass is 381 g/mol. The molecular formula is C23H31N3O2. The van der Waals surface area contributed by atoms with Gasteiger partial charge in [0.25, 0.3) is 0 Å². The molecule has 0 radical (unpaired) electrons. The smallest absolute Gasteiger partial charge is 0.241 e. The maximum atomic E-state index is 12.9. The number of amides is 1. The number of phenolic OH excluding ortho intramolecular Hbond substituents is 1. The number of nitrogens with one attached hydrogen (secondary N) is 1. The Morgan fingerprint density at radius 2 is 1.68 bits per heavy atom. The minimum Gasteiger partial charge on any atom is -0.506 e. The molecule has 5 heteroatoms. The van der Waals surface area contributed by atoms with Crippen LogP contribution in [0.25, 0.3) is 0 Å². The van der Waals surface area contributed by atoms with Crippen molar-refractivity contribution >= 4 is 17.3 Å². The summed E-state index contributed by atoms with van der Waals surface area (Å²) in [6, 6.07) is 15.3. The van der Waals surface area contributed by atoms with Gasteiger partial charge in [-0.1, -0.05) is 44.2 Å². The topological polar surface area (TPSA) is 55.8 Å². The fourth-order valence-corrected chi connectivity index (χ4v) is 3.75. The van der Waals surface area contributed by atoms with E-state index in [0.717, 1.165) is 44.0 Å². The highest BCUT2D eigenvalue weighted by Gasteiger charge is 2.27. The van der Waals surface area contributed by atoms with E-state index in [-0.39, 0.29) is 11.9 Å². The number of phenols is 1. The Kier molecular flexibility index (Phi) is 6.57. The van der Waals surface area contributed by atoms with Crippen LogP contribution in [0.1, 0.15) is 38.7 Å². The van der Waals surface area contributed by atoms with Gasteiger partial charge in [-0.05, 0) is 43.0 Å². The maximum absolute atomic E-state index is 12.9. The summed E-state index contributed by atoms with van der Waals surface area (Å²) in [4.78, 5) is 17.3. The highest BCUT2D eigenvalue weighted by Crippen LogP contribution is 2.28. The lowest BCUT2D eigenvalue weighted by atomic mass is 9.97. The molecule has 1 amide bonds. The first kappa shape index (κ1) is 20.2. The van der Waals surface area contributed by atoms with E-state index in [9.17, 15) is 9.90 Å². The molecule has 3 rings (SSSR count). The number of piperazine rings is 1. The molecule has 28 heavy (non-hydrogen) atoms. The average Bonchev–Trinajstić information content (AvgIpc) is 2.73. The Hall–Kier alpha value is -2.53. The molecule has 0 aromatic heterocycles. The lowest BCUT2D eigenvalue weighted by Crippen LogP contribution is -2.52. The van der Waals surface area contributed by atoms with E-state index in [1.54, 1.807) is 6.07 Å². The van der Waals surface area contributed by atoms with Gasteiger partial charge in [-0.2, -0.15) is 0 Å². The molecule has 150 valence electrons. The van der Waals surface area contributed by atoms with E-state index in [1.165, 1.54) is 5.56 Å². The number of benzene rings is 2. The quantitative estimate of drug-likeness (QED) is 0.792. The Balaban J connectivity index is 1.60. The second kappa shape index (κ2) is 9.11. The zero-order chi connectivity index (χ0) is 20.1. The summed E-state index contributed by atoms with van der Waals surface area (Å²) in [6.45, 7) is 9.47. The van der Waals surface area contributed by atoms with Gasteiger partial charge in [0, 0.05) is 31.9 Å². The summed E-state index contributed by atoms with van der Waals surface area (Å²) >= 11 is 0. The van der Waals surface area contributed by atoms with Crippen LogP contribution in [-0.4, -0.2) is 48.1 Å². The highest BCUT2D eigenvalue weighted by molar-refractivity contribution is 5.95. The van der Waals surface area contributed by atoms with E-state index in [2.05, 4.69) is 35.0 Å². The van der Waals surface area contributed by atoms with Gasteiger partial charge in [-0.25, -0.2) is 0 Å². The first-order valence-electron chi connectivity index (χ1n) is 10.2. The minimum atomic E-state index is -0.198. The zero-order valence-electron chi connectivity index (χ0n) is 17.1. The molecule has 2 unspecified atom stereocenters. The van der Waals surface area contributed by atoms with Gasteiger partial charge >= 0.3 is 0 Å². The van der Waals surface area contributed by atoms with Crippen LogP contribution in [0.15, 0.2) is 48.5 Å². The highest BCUT2D eigenvalue weighted by atomic mass is 16.3. The van der Waals surface area contributed by atoms with Crippen LogP contribution in [0.3, 0.4) is 0 Å². The van der Waals surface area contributed by atoms with Gasteiger partial charge in [-0.3, -0.25) is 9.69 Å². The van der Waals surface area contributed by atoms with E-state index in [1.807, 2.05) is 43.3 Å². The van der Waals surface area contributed by atoms with Crippen molar-refractivity contribution in [2.24, 2.45) is 0 Å². The minimum absolute atomic E-state index is 0.0340. The van der Waals surface area contributed by atoms with E-state index >= 15 is 0 Å². The van der Waals surface area contributed by atoms with Crippen LogP contribution in [0.5, 0.6) is 5.75 Å². The summed E-state index contributed by atoms with van der Waals surface area (Å²) < 4.78 is 0. The van der Waals surface area contributed by atoms with Gasteiger partial charge in [-0.15, -0.1) is 0 Å². The third-order valence-corrected chi connectivity index (χ3v) is 5.83. The average molecular weight is 382 g/mol. The van der Waals surface area contributed by atoms with Gasteiger partial charge in [0.1, 0.15) is 5.75 Å². The number of hydrogen-bond acceptors (Lipinski definition) is 4. The first-order valence-corrected chi connectivity index (χ1v) is 10.2. The Morgan fingerprint density at radius 3 is 2.36 bits per heavy atom. The van der Waals surface area contributed by atoms with Crippen LogP contribution in [0.2, 0.25) is 0 Å². The SMILES string of the molecule is CCC(C)c1ccccc1NC(=O)C(C)N1CCN(c2ccccc2O)CC1. The number of anilines is 2. The lowest BCUT2D eigenvalue weighted by Gasteiger charge is -2.38. The Labute approximate surface area is 168 Å². The molecular weight excluding hydrogens is 350 g/mol. The largest absolute Gasteiger partial charge is 0.506 e. The number of aromatic hydroxyl groups is 1. The number of nitrogens with zero attached hydrogens (tertiary/aromatic N) is 2. The molecule has 1 aliphatic rings. The number of hydrogen-bond donors (Lipinski definition) is 2. The molecule has 2 N–H and O–H groups in total. The molecule has 2 aromatic rings. The molecule has 5 nitrogen and oxygen atoms in total. The van der Waals surface area contributed by atoms with Crippen LogP contribution in [-0.2, 0) is 4.79 Å². The second-order valence-electron chi connectivity index (χ2n) is 7.57. The predicted octanol–water partition coefficient (Wildman–Crippen LogP) is 4.05. The summed E-state index contributed by atoms with van der Waals surface area (Å²) in [7, 11) is 0. The fourth-order valence-electron chi connectivity index (χ4n) is 3.75. The normalized spacial score (nSPS) is 17.2. The summed E-state index contributed by atoms with van der Waals surface area (Å²) in [5.41, 5.74) is 2.97. The van der Waals surface area contributed by atoms with E-state index < -0.39 is 0 Å². The van der Waals surface area contributed by atoms with Crippen molar-refractivity contribution < 1.29 is 9.90 Å². The van der Waals surface area contributed by atoms with Gasteiger partial charge in [0.2, 0.25) is 5.91 Å².